The number of hydrogen-bond donors (Lipinski definition) is 0. The van der Waals surface area contributed by atoms with Gasteiger partial charge in [-0.1, -0.05) is 20.8 Å². The molecule has 1 atom stereocenters. The molecule has 2 heterocycles. The standard InChI is InChI=1S/C19H24N2O5S2/c1-6-9-27(23)26-18-14(10-20-21(18)5)17(22)13-7-8-15-16(12(13)2)19(3,4)11-28(15,24)25/h7-8,10H,6,9,11H2,1-5H3. The second kappa shape index (κ2) is 7.11. The van der Waals surface area contributed by atoms with E-state index in [1.807, 2.05) is 20.8 Å². The Morgan fingerprint density at radius 1 is 1.32 bits per heavy atom. The highest BCUT2D eigenvalue weighted by molar-refractivity contribution is 7.91. The molecular formula is C19H24N2O5S2. The first-order valence-electron chi connectivity index (χ1n) is 9.00. The Kier molecular flexibility index (Phi) is 5.26. The van der Waals surface area contributed by atoms with Crippen LogP contribution in [0.25, 0.3) is 0 Å². The van der Waals surface area contributed by atoms with E-state index in [0.29, 0.717) is 33.8 Å². The summed E-state index contributed by atoms with van der Waals surface area (Å²) in [5.41, 5.74) is 1.33. The monoisotopic (exact) mass is 424 g/mol. The number of carbonyl (C=O) groups is 1. The van der Waals surface area contributed by atoms with Crippen LogP contribution in [0.5, 0.6) is 5.88 Å². The van der Waals surface area contributed by atoms with Crippen LogP contribution < -0.4 is 4.18 Å². The molecule has 1 unspecified atom stereocenters. The average Bonchev–Trinajstić information content (AvgIpc) is 3.02. The van der Waals surface area contributed by atoms with Gasteiger partial charge >= 0.3 is 0 Å². The fourth-order valence-corrected chi connectivity index (χ4v) is 6.84. The van der Waals surface area contributed by atoms with Crippen molar-refractivity contribution in [3.63, 3.8) is 0 Å². The number of fused-ring (bicyclic) bond motifs is 1. The topological polar surface area (TPSA) is 95.3 Å². The zero-order valence-electron chi connectivity index (χ0n) is 16.6. The summed E-state index contributed by atoms with van der Waals surface area (Å²) >= 11 is -1.56. The first-order chi connectivity index (χ1) is 13.0. The van der Waals surface area contributed by atoms with E-state index in [2.05, 4.69) is 5.10 Å². The van der Waals surface area contributed by atoms with Crippen LogP contribution in [0.15, 0.2) is 23.2 Å². The van der Waals surface area contributed by atoms with Gasteiger partial charge in [0, 0.05) is 18.0 Å². The van der Waals surface area contributed by atoms with Gasteiger partial charge in [0.15, 0.2) is 15.6 Å². The Bertz CT molecular complexity index is 1080. The Morgan fingerprint density at radius 2 is 2.00 bits per heavy atom. The minimum absolute atomic E-state index is 0.0189. The Hall–Kier alpha value is -2.00. The molecule has 1 aromatic carbocycles. The Morgan fingerprint density at radius 3 is 2.64 bits per heavy atom. The summed E-state index contributed by atoms with van der Waals surface area (Å²) in [5.74, 6) is 0.175. The minimum atomic E-state index is -3.36. The maximum absolute atomic E-state index is 13.2. The zero-order chi connectivity index (χ0) is 20.9. The molecule has 152 valence electrons. The van der Waals surface area contributed by atoms with Crippen LogP contribution >= 0.6 is 0 Å². The fraction of sp³-hybridized carbons (Fsp3) is 0.474. The van der Waals surface area contributed by atoms with Gasteiger partial charge in [0.1, 0.15) is 5.56 Å². The normalized spacial score (nSPS) is 17.9. The quantitative estimate of drug-likeness (QED) is 0.661. The van der Waals surface area contributed by atoms with Crippen molar-refractivity contribution in [3.8, 4) is 5.88 Å². The van der Waals surface area contributed by atoms with Gasteiger partial charge < -0.3 is 4.18 Å². The molecule has 0 amide bonds. The van der Waals surface area contributed by atoms with Crippen molar-refractivity contribution in [1.29, 1.82) is 0 Å². The van der Waals surface area contributed by atoms with Gasteiger partial charge in [-0.3, -0.25) is 4.79 Å². The second-order valence-corrected chi connectivity index (χ2v) is 10.8. The summed E-state index contributed by atoms with van der Waals surface area (Å²) in [7, 11) is -1.75. The first-order valence-corrected chi connectivity index (χ1v) is 11.9. The van der Waals surface area contributed by atoms with E-state index in [4.69, 9.17) is 4.18 Å². The number of rotatable bonds is 6. The largest absolute Gasteiger partial charge is 0.379 e. The first kappa shape index (κ1) is 20.7. The predicted octanol–water partition coefficient (Wildman–Crippen LogP) is 2.48. The van der Waals surface area contributed by atoms with Crippen molar-refractivity contribution < 1.29 is 21.6 Å². The number of carbonyl (C=O) groups excluding carboxylic acids is 1. The molecule has 9 heteroatoms. The molecule has 1 aliphatic rings. The van der Waals surface area contributed by atoms with Crippen molar-refractivity contribution in [2.45, 2.75) is 44.4 Å². The number of aryl methyl sites for hydroxylation is 1. The second-order valence-electron chi connectivity index (χ2n) is 7.66. The average molecular weight is 425 g/mol. The molecule has 2 aromatic rings. The number of nitrogens with zero attached hydrogens (tertiary/aromatic N) is 2. The summed E-state index contributed by atoms with van der Waals surface area (Å²) in [6, 6.07) is 3.04. The number of sulfone groups is 1. The third kappa shape index (κ3) is 3.41. The molecule has 0 radical (unpaired) electrons. The smallest absolute Gasteiger partial charge is 0.240 e. The third-order valence-electron chi connectivity index (χ3n) is 4.91. The summed E-state index contributed by atoms with van der Waals surface area (Å²) in [6.07, 6.45) is 2.07. The van der Waals surface area contributed by atoms with Gasteiger partial charge in [0.2, 0.25) is 17.0 Å². The van der Waals surface area contributed by atoms with Crippen LogP contribution in [0, 0.1) is 6.92 Å². The molecule has 0 saturated carbocycles. The maximum atomic E-state index is 13.2. The van der Waals surface area contributed by atoms with Crippen LogP contribution in [-0.2, 0) is 33.4 Å². The number of aromatic nitrogens is 2. The molecule has 0 fully saturated rings. The van der Waals surface area contributed by atoms with Gasteiger partial charge in [-0.2, -0.15) is 5.10 Å². The lowest BCUT2D eigenvalue weighted by Crippen LogP contribution is -2.21. The maximum Gasteiger partial charge on any atom is 0.240 e. The molecule has 0 N–H and O–H groups in total. The summed E-state index contributed by atoms with van der Waals surface area (Å²) < 4.78 is 43.8. The van der Waals surface area contributed by atoms with E-state index < -0.39 is 26.3 Å². The van der Waals surface area contributed by atoms with Crippen LogP contribution in [0.2, 0.25) is 0 Å². The lowest BCUT2D eigenvalue weighted by molar-refractivity contribution is 0.103. The van der Waals surface area contributed by atoms with Crippen LogP contribution in [0.1, 0.15) is 54.2 Å². The third-order valence-corrected chi connectivity index (χ3v) is 8.10. The minimum Gasteiger partial charge on any atom is -0.379 e. The molecule has 0 saturated heterocycles. The SMILES string of the molecule is CCCS(=O)Oc1c(C(=O)c2ccc3c(c2C)C(C)(C)CS3(=O)=O)cnn1C. The molecule has 1 aromatic heterocycles. The predicted molar refractivity (Wildman–Crippen MR) is 107 cm³/mol. The molecule has 28 heavy (non-hydrogen) atoms. The molecule has 7 nitrogen and oxygen atoms in total. The van der Waals surface area contributed by atoms with Gasteiger partial charge in [0.25, 0.3) is 0 Å². The number of benzene rings is 1. The van der Waals surface area contributed by atoms with E-state index in [-0.39, 0.29) is 23.0 Å². The van der Waals surface area contributed by atoms with Crippen molar-refractivity contribution in [1.82, 2.24) is 9.78 Å². The van der Waals surface area contributed by atoms with Crippen LogP contribution in [-0.4, -0.2) is 39.7 Å². The molecule has 3 rings (SSSR count). The van der Waals surface area contributed by atoms with E-state index in [0.717, 1.165) is 0 Å². The summed E-state index contributed by atoms with van der Waals surface area (Å²) in [5, 5.41) is 4.07. The van der Waals surface area contributed by atoms with Crippen LogP contribution in [0.4, 0.5) is 0 Å². The van der Waals surface area contributed by atoms with Crippen molar-refractivity contribution in [2.75, 3.05) is 11.5 Å². The highest BCUT2D eigenvalue weighted by Crippen LogP contribution is 2.42. The van der Waals surface area contributed by atoms with Gasteiger partial charge in [0.05, 0.1) is 22.6 Å². The Balaban J connectivity index is 2.08. The summed E-state index contributed by atoms with van der Waals surface area (Å²) in [4.78, 5) is 13.5. The molecule has 0 spiro atoms. The lowest BCUT2D eigenvalue weighted by Gasteiger charge is -2.20. The summed E-state index contributed by atoms with van der Waals surface area (Å²) in [6.45, 7) is 7.38. The number of ketones is 1. The van der Waals surface area contributed by atoms with Gasteiger partial charge in [-0.25, -0.2) is 17.3 Å². The number of hydrogen-bond acceptors (Lipinski definition) is 6. The van der Waals surface area contributed by atoms with Gasteiger partial charge in [-0.15, -0.1) is 0 Å². The van der Waals surface area contributed by atoms with E-state index in [9.17, 15) is 17.4 Å². The van der Waals surface area contributed by atoms with Crippen molar-refractivity contribution >= 4 is 26.7 Å². The van der Waals surface area contributed by atoms with Crippen molar-refractivity contribution in [2.24, 2.45) is 7.05 Å². The van der Waals surface area contributed by atoms with Crippen molar-refractivity contribution in [3.05, 3.63) is 40.6 Å². The highest BCUT2D eigenvalue weighted by atomic mass is 32.2. The van der Waals surface area contributed by atoms with E-state index in [1.54, 1.807) is 14.0 Å². The van der Waals surface area contributed by atoms with E-state index >= 15 is 0 Å². The highest BCUT2D eigenvalue weighted by Gasteiger charge is 2.42. The fourth-order valence-electron chi connectivity index (χ4n) is 3.78. The zero-order valence-corrected chi connectivity index (χ0v) is 18.2. The van der Waals surface area contributed by atoms with E-state index in [1.165, 1.54) is 23.0 Å². The molecule has 1 aliphatic heterocycles. The molecule has 0 bridgehead atoms. The lowest BCUT2D eigenvalue weighted by atomic mass is 9.81. The molecular weight excluding hydrogens is 400 g/mol. The molecule has 0 aliphatic carbocycles. The Labute approximate surface area is 167 Å². The van der Waals surface area contributed by atoms with Crippen LogP contribution in [0.3, 0.4) is 0 Å². The van der Waals surface area contributed by atoms with Gasteiger partial charge in [-0.05, 0) is 36.6 Å².